The summed E-state index contributed by atoms with van der Waals surface area (Å²) in [6.07, 6.45) is 12.2. The van der Waals surface area contributed by atoms with Gasteiger partial charge in [-0.2, -0.15) is 0 Å². The van der Waals surface area contributed by atoms with Gasteiger partial charge in [-0.1, -0.05) is 0 Å². The highest BCUT2D eigenvalue weighted by Crippen LogP contribution is 2.60. The van der Waals surface area contributed by atoms with Crippen molar-refractivity contribution in [1.29, 1.82) is 0 Å². The molecule has 0 amide bonds. The molecule has 0 atom stereocenters. The Morgan fingerprint density at radius 3 is 2.10 bits per heavy atom. The first-order valence-corrected chi connectivity index (χ1v) is 7.91. The summed E-state index contributed by atoms with van der Waals surface area (Å²) in [7, 11) is 2.13. The van der Waals surface area contributed by atoms with E-state index >= 15 is 0 Å². The molecule has 0 unspecified atom stereocenters. The SMILES string of the molecule is CN(CC12CC3CC(CC(C3)C1)C2)c1ncc(N)cn1. The van der Waals surface area contributed by atoms with E-state index in [1.54, 1.807) is 12.4 Å². The van der Waals surface area contributed by atoms with Gasteiger partial charge in [-0.25, -0.2) is 9.97 Å². The van der Waals surface area contributed by atoms with Gasteiger partial charge in [-0.3, -0.25) is 0 Å². The second kappa shape index (κ2) is 4.34. The zero-order valence-corrected chi connectivity index (χ0v) is 12.3. The van der Waals surface area contributed by atoms with Crippen LogP contribution in [0.15, 0.2) is 12.4 Å². The number of hydrogen-bond acceptors (Lipinski definition) is 4. The van der Waals surface area contributed by atoms with Gasteiger partial charge in [0, 0.05) is 13.6 Å². The molecule has 0 radical (unpaired) electrons. The van der Waals surface area contributed by atoms with Crippen LogP contribution in [0.4, 0.5) is 11.6 Å². The van der Waals surface area contributed by atoms with Crippen molar-refractivity contribution in [2.45, 2.75) is 38.5 Å². The highest BCUT2D eigenvalue weighted by molar-refractivity contribution is 5.37. The molecule has 0 saturated heterocycles. The lowest BCUT2D eigenvalue weighted by Gasteiger charge is -2.57. The number of nitrogens with zero attached hydrogens (tertiary/aromatic N) is 3. The molecule has 0 aromatic carbocycles. The first-order chi connectivity index (χ1) is 9.62. The Labute approximate surface area is 120 Å². The van der Waals surface area contributed by atoms with E-state index in [4.69, 9.17) is 5.73 Å². The molecule has 4 aliphatic rings. The van der Waals surface area contributed by atoms with Crippen molar-refractivity contribution in [2.75, 3.05) is 24.2 Å². The minimum Gasteiger partial charge on any atom is -0.396 e. The summed E-state index contributed by atoms with van der Waals surface area (Å²) in [6.45, 7) is 1.11. The minimum atomic E-state index is 0.536. The van der Waals surface area contributed by atoms with Crippen LogP contribution in [0.25, 0.3) is 0 Å². The normalized spacial score (nSPS) is 38.1. The van der Waals surface area contributed by atoms with Crippen LogP contribution in [0.2, 0.25) is 0 Å². The fourth-order valence-corrected chi connectivity index (χ4v) is 5.59. The lowest BCUT2D eigenvalue weighted by atomic mass is 9.49. The van der Waals surface area contributed by atoms with Crippen molar-refractivity contribution in [2.24, 2.45) is 23.2 Å². The molecule has 4 nitrogen and oxygen atoms in total. The second-order valence-electron chi connectivity index (χ2n) is 7.59. The number of anilines is 2. The van der Waals surface area contributed by atoms with E-state index in [-0.39, 0.29) is 0 Å². The van der Waals surface area contributed by atoms with Crippen LogP contribution < -0.4 is 10.6 Å². The van der Waals surface area contributed by atoms with Crippen molar-refractivity contribution in [1.82, 2.24) is 9.97 Å². The van der Waals surface area contributed by atoms with Crippen LogP contribution in [-0.4, -0.2) is 23.6 Å². The Balaban J connectivity index is 1.52. The van der Waals surface area contributed by atoms with Crippen molar-refractivity contribution in [3.63, 3.8) is 0 Å². The molecule has 0 aliphatic heterocycles. The highest BCUT2D eigenvalue weighted by atomic mass is 15.2. The molecule has 4 bridgehead atoms. The van der Waals surface area contributed by atoms with E-state index in [9.17, 15) is 0 Å². The van der Waals surface area contributed by atoms with E-state index in [1.807, 2.05) is 0 Å². The van der Waals surface area contributed by atoms with Crippen LogP contribution in [0.1, 0.15) is 38.5 Å². The smallest absolute Gasteiger partial charge is 0.225 e. The van der Waals surface area contributed by atoms with Crippen molar-refractivity contribution < 1.29 is 0 Å². The largest absolute Gasteiger partial charge is 0.396 e. The van der Waals surface area contributed by atoms with Gasteiger partial charge in [0.15, 0.2) is 0 Å². The van der Waals surface area contributed by atoms with Crippen molar-refractivity contribution in [3.05, 3.63) is 12.4 Å². The predicted octanol–water partition coefficient (Wildman–Crippen LogP) is 2.71. The summed E-state index contributed by atoms with van der Waals surface area (Å²) in [5, 5.41) is 0. The zero-order chi connectivity index (χ0) is 13.7. The number of hydrogen-bond donors (Lipinski definition) is 1. The predicted molar refractivity (Wildman–Crippen MR) is 80.3 cm³/mol. The molecule has 20 heavy (non-hydrogen) atoms. The Hall–Kier alpha value is -1.32. The molecule has 5 rings (SSSR count). The summed E-state index contributed by atoms with van der Waals surface area (Å²) in [4.78, 5) is 11.0. The van der Waals surface area contributed by atoms with Crippen LogP contribution in [-0.2, 0) is 0 Å². The summed E-state index contributed by atoms with van der Waals surface area (Å²) < 4.78 is 0. The summed E-state index contributed by atoms with van der Waals surface area (Å²) in [6, 6.07) is 0. The van der Waals surface area contributed by atoms with Crippen LogP contribution in [0.3, 0.4) is 0 Å². The van der Waals surface area contributed by atoms with Gasteiger partial charge in [0.25, 0.3) is 0 Å². The van der Waals surface area contributed by atoms with Crippen molar-refractivity contribution in [3.8, 4) is 0 Å². The Morgan fingerprint density at radius 2 is 1.60 bits per heavy atom. The molecule has 4 heteroatoms. The fourth-order valence-electron chi connectivity index (χ4n) is 5.59. The van der Waals surface area contributed by atoms with E-state index in [2.05, 4.69) is 21.9 Å². The molecule has 4 fully saturated rings. The molecule has 0 spiro atoms. The lowest BCUT2D eigenvalue weighted by molar-refractivity contribution is -0.0473. The molecular formula is C16H24N4. The van der Waals surface area contributed by atoms with Gasteiger partial charge in [-0.05, 0) is 61.7 Å². The molecule has 1 heterocycles. The number of nitrogens with two attached hydrogens (primary N) is 1. The monoisotopic (exact) mass is 272 g/mol. The topological polar surface area (TPSA) is 55.0 Å². The Kier molecular flexibility index (Phi) is 2.69. The van der Waals surface area contributed by atoms with Gasteiger partial charge in [0.1, 0.15) is 0 Å². The molecule has 4 aliphatic carbocycles. The number of rotatable bonds is 3. The van der Waals surface area contributed by atoms with Gasteiger partial charge in [0.05, 0.1) is 18.1 Å². The van der Waals surface area contributed by atoms with E-state index in [1.165, 1.54) is 38.5 Å². The maximum absolute atomic E-state index is 5.67. The summed E-state index contributed by atoms with van der Waals surface area (Å²) >= 11 is 0. The maximum atomic E-state index is 5.67. The third-order valence-electron chi connectivity index (χ3n) is 5.74. The summed E-state index contributed by atoms with van der Waals surface area (Å²) in [5.41, 5.74) is 6.84. The van der Waals surface area contributed by atoms with Gasteiger partial charge in [-0.15, -0.1) is 0 Å². The molecule has 1 aromatic rings. The Bertz CT molecular complexity index is 460. The molecule has 2 N–H and O–H groups in total. The third-order valence-corrected chi connectivity index (χ3v) is 5.74. The average molecular weight is 272 g/mol. The zero-order valence-electron chi connectivity index (χ0n) is 12.3. The third kappa shape index (κ3) is 2.05. The van der Waals surface area contributed by atoms with Gasteiger partial charge < -0.3 is 10.6 Å². The number of nitrogen functional groups attached to an aromatic ring is 1. The quantitative estimate of drug-likeness (QED) is 0.919. The lowest BCUT2D eigenvalue weighted by Crippen LogP contribution is -2.50. The van der Waals surface area contributed by atoms with E-state index < -0.39 is 0 Å². The first-order valence-electron chi connectivity index (χ1n) is 7.91. The molecule has 1 aromatic heterocycles. The van der Waals surface area contributed by atoms with Crippen molar-refractivity contribution >= 4 is 11.6 Å². The van der Waals surface area contributed by atoms with Crippen LogP contribution >= 0.6 is 0 Å². The molecule has 108 valence electrons. The molecule has 4 saturated carbocycles. The minimum absolute atomic E-state index is 0.536. The van der Waals surface area contributed by atoms with Gasteiger partial charge >= 0.3 is 0 Å². The second-order valence-corrected chi connectivity index (χ2v) is 7.59. The van der Waals surface area contributed by atoms with Crippen LogP contribution in [0.5, 0.6) is 0 Å². The van der Waals surface area contributed by atoms with Crippen LogP contribution in [0, 0.1) is 23.2 Å². The van der Waals surface area contributed by atoms with E-state index in [0.29, 0.717) is 11.1 Å². The molecular weight excluding hydrogens is 248 g/mol. The van der Waals surface area contributed by atoms with Gasteiger partial charge in [0.2, 0.25) is 5.95 Å². The number of aromatic nitrogens is 2. The standard InChI is InChI=1S/C16H24N4/c1-20(15-18-8-14(17)9-19-15)10-16-5-11-2-12(6-16)4-13(3-11)7-16/h8-9,11-13H,2-7,10,17H2,1H3. The fraction of sp³-hybridized carbons (Fsp3) is 0.750. The first kappa shape index (κ1) is 12.4. The summed E-state index contributed by atoms with van der Waals surface area (Å²) in [5.74, 6) is 3.82. The highest BCUT2D eigenvalue weighted by Gasteiger charge is 2.51. The Morgan fingerprint density at radius 1 is 1.10 bits per heavy atom. The maximum Gasteiger partial charge on any atom is 0.225 e. The van der Waals surface area contributed by atoms with E-state index in [0.717, 1.165) is 30.2 Å². The average Bonchev–Trinajstić information content (AvgIpc) is 2.37.